The molecule has 1 amide bonds. The highest BCUT2D eigenvalue weighted by atomic mass is 16.3. The number of rotatable bonds is 3. The third-order valence-electron chi connectivity index (χ3n) is 1.59. The van der Waals surface area contributed by atoms with Gasteiger partial charge in [-0.25, -0.2) is 4.98 Å². The fraction of sp³-hybridized carbons (Fsp3) is 0.500. The first-order chi connectivity index (χ1) is 6.13. The third kappa shape index (κ3) is 2.55. The number of imidazole rings is 1. The standard InChI is InChI=1S/C8H13N3O2/c1-6(4-12)10-8(13)7-3-11(2)5-9-7/h3,5-6,12H,4H2,1-2H3,(H,10,13)/t6-/m0/s1. The van der Waals surface area contributed by atoms with Crippen molar-refractivity contribution in [2.75, 3.05) is 6.61 Å². The quantitative estimate of drug-likeness (QED) is 0.665. The van der Waals surface area contributed by atoms with E-state index < -0.39 is 0 Å². The molecule has 0 aliphatic rings. The van der Waals surface area contributed by atoms with Crippen LogP contribution in [0.25, 0.3) is 0 Å². The van der Waals surface area contributed by atoms with E-state index in [-0.39, 0.29) is 18.6 Å². The number of carbonyl (C=O) groups excluding carboxylic acids is 1. The summed E-state index contributed by atoms with van der Waals surface area (Å²) < 4.78 is 1.69. The highest BCUT2D eigenvalue weighted by Crippen LogP contribution is 1.94. The first kappa shape index (κ1) is 9.73. The molecule has 13 heavy (non-hydrogen) atoms. The molecule has 0 aliphatic heterocycles. The predicted molar refractivity (Wildman–Crippen MR) is 47.2 cm³/mol. The molecule has 0 unspecified atom stereocenters. The van der Waals surface area contributed by atoms with Gasteiger partial charge in [0.1, 0.15) is 5.69 Å². The maximum absolute atomic E-state index is 11.3. The lowest BCUT2D eigenvalue weighted by atomic mass is 10.3. The highest BCUT2D eigenvalue weighted by Gasteiger charge is 2.10. The van der Waals surface area contributed by atoms with Crippen molar-refractivity contribution in [2.24, 2.45) is 7.05 Å². The molecular formula is C8H13N3O2. The summed E-state index contributed by atoms with van der Waals surface area (Å²) in [6, 6.07) is -0.241. The summed E-state index contributed by atoms with van der Waals surface area (Å²) in [6.45, 7) is 1.65. The Morgan fingerprint density at radius 3 is 3.00 bits per heavy atom. The van der Waals surface area contributed by atoms with Gasteiger partial charge in [-0.2, -0.15) is 0 Å². The van der Waals surface area contributed by atoms with Crippen LogP contribution in [-0.4, -0.2) is 33.2 Å². The minimum atomic E-state index is -0.262. The van der Waals surface area contributed by atoms with Crippen LogP contribution in [0.2, 0.25) is 0 Å². The van der Waals surface area contributed by atoms with Gasteiger partial charge in [0.25, 0.3) is 5.91 Å². The minimum Gasteiger partial charge on any atom is -0.394 e. The number of carbonyl (C=O) groups is 1. The number of aliphatic hydroxyl groups excluding tert-OH is 1. The summed E-state index contributed by atoms with van der Waals surface area (Å²) >= 11 is 0. The zero-order chi connectivity index (χ0) is 9.84. The second-order valence-electron chi connectivity index (χ2n) is 2.98. The van der Waals surface area contributed by atoms with Gasteiger partial charge in [-0.15, -0.1) is 0 Å². The molecular weight excluding hydrogens is 170 g/mol. The summed E-state index contributed by atoms with van der Waals surface area (Å²) in [6.07, 6.45) is 3.18. The van der Waals surface area contributed by atoms with E-state index >= 15 is 0 Å². The Balaban J connectivity index is 2.58. The molecule has 1 atom stereocenters. The van der Waals surface area contributed by atoms with Gasteiger partial charge in [-0.05, 0) is 6.92 Å². The van der Waals surface area contributed by atoms with Crippen molar-refractivity contribution >= 4 is 5.91 Å². The van der Waals surface area contributed by atoms with Crippen molar-refractivity contribution in [3.63, 3.8) is 0 Å². The van der Waals surface area contributed by atoms with Crippen LogP contribution in [0.1, 0.15) is 17.4 Å². The molecule has 2 N–H and O–H groups in total. The molecule has 0 aromatic carbocycles. The van der Waals surface area contributed by atoms with E-state index in [9.17, 15) is 4.79 Å². The largest absolute Gasteiger partial charge is 0.394 e. The molecule has 0 saturated carbocycles. The number of aryl methyl sites for hydroxylation is 1. The van der Waals surface area contributed by atoms with Crippen LogP contribution in [-0.2, 0) is 7.05 Å². The Hall–Kier alpha value is -1.36. The average Bonchev–Trinajstić information content (AvgIpc) is 2.51. The molecule has 0 aliphatic carbocycles. The minimum absolute atomic E-state index is 0.0709. The molecule has 1 aromatic rings. The van der Waals surface area contributed by atoms with Crippen LogP contribution in [0.3, 0.4) is 0 Å². The van der Waals surface area contributed by atoms with E-state index in [2.05, 4.69) is 10.3 Å². The van der Waals surface area contributed by atoms with Crippen molar-refractivity contribution in [1.29, 1.82) is 0 Å². The van der Waals surface area contributed by atoms with Crippen molar-refractivity contribution in [3.8, 4) is 0 Å². The fourth-order valence-corrected chi connectivity index (χ4v) is 0.873. The zero-order valence-corrected chi connectivity index (χ0v) is 7.69. The highest BCUT2D eigenvalue weighted by molar-refractivity contribution is 5.92. The summed E-state index contributed by atoms with van der Waals surface area (Å²) in [5.74, 6) is -0.262. The molecule has 5 heteroatoms. The predicted octanol–water partition coefficient (Wildman–Crippen LogP) is -0.469. The second kappa shape index (κ2) is 4.04. The topological polar surface area (TPSA) is 67.2 Å². The number of amides is 1. The Morgan fingerprint density at radius 1 is 1.85 bits per heavy atom. The molecule has 0 bridgehead atoms. The number of hydrogen-bond acceptors (Lipinski definition) is 3. The molecule has 5 nitrogen and oxygen atoms in total. The number of nitrogens with one attached hydrogen (secondary N) is 1. The van der Waals surface area contributed by atoms with E-state index in [1.54, 1.807) is 31.1 Å². The number of hydrogen-bond donors (Lipinski definition) is 2. The van der Waals surface area contributed by atoms with Gasteiger partial charge in [-0.3, -0.25) is 4.79 Å². The number of nitrogens with zero attached hydrogens (tertiary/aromatic N) is 2. The van der Waals surface area contributed by atoms with Gasteiger partial charge in [-0.1, -0.05) is 0 Å². The first-order valence-electron chi connectivity index (χ1n) is 4.03. The normalized spacial score (nSPS) is 12.5. The zero-order valence-electron chi connectivity index (χ0n) is 7.69. The lowest BCUT2D eigenvalue weighted by Crippen LogP contribution is -2.35. The van der Waals surface area contributed by atoms with Gasteiger partial charge in [0.2, 0.25) is 0 Å². The van der Waals surface area contributed by atoms with Gasteiger partial charge < -0.3 is 15.0 Å². The Bertz CT molecular complexity index is 295. The van der Waals surface area contributed by atoms with Crippen LogP contribution < -0.4 is 5.32 Å². The van der Waals surface area contributed by atoms with Gasteiger partial charge >= 0.3 is 0 Å². The van der Waals surface area contributed by atoms with Crippen molar-refractivity contribution < 1.29 is 9.90 Å². The molecule has 0 spiro atoms. The molecule has 1 heterocycles. The summed E-state index contributed by atoms with van der Waals surface area (Å²) in [7, 11) is 1.79. The molecule has 1 rings (SSSR count). The van der Waals surface area contributed by atoms with E-state index in [1.165, 1.54) is 0 Å². The summed E-state index contributed by atoms with van der Waals surface area (Å²) in [5.41, 5.74) is 0.364. The molecule has 0 radical (unpaired) electrons. The maximum atomic E-state index is 11.3. The Kier molecular flexibility index (Phi) is 3.02. The van der Waals surface area contributed by atoms with Crippen LogP contribution in [0, 0.1) is 0 Å². The Labute approximate surface area is 76.4 Å². The van der Waals surface area contributed by atoms with E-state index in [4.69, 9.17) is 5.11 Å². The van der Waals surface area contributed by atoms with Crippen molar-refractivity contribution in [3.05, 3.63) is 18.2 Å². The summed E-state index contributed by atoms with van der Waals surface area (Å²) in [5, 5.41) is 11.3. The molecule has 0 fully saturated rings. The fourth-order valence-electron chi connectivity index (χ4n) is 0.873. The second-order valence-corrected chi connectivity index (χ2v) is 2.98. The van der Waals surface area contributed by atoms with Crippen LogP contribution >= 0.6 is 0 Å². The number of aromatic nitrogens is 2. The lowest BCUT2D eigenvalue weighted by molar-refractivity contribution is 0.0917. The van der Waals surface area contributed by atoms with Crippen molar-refractivity contribution in [1.82, 2.24) is 14.9 Å². The monoisotopic (exact) mass is 183 g/mol. The van der Waals surface area contributed by atoms with Crippen LogP contribution in [0.4, 0.5) is 0 Å². The SMILES string of the molecule is C[C@@H](CO)NC(=O)c1cn(C)cn1. The van der Waals surface area contributed by atoms with Gasteiger partial charge in [0, 0.05) is 19.3 Å². The number of aliphatic hydroxyl groups is 1. The van der Waals surface area contributed by atoms with Crippen molar-refractivity contribution in [2.45, 2.75) is 13.0 Å². The average molecular weight is 183 g/mol. The molecule has 72 valence electrons. The third-order valence-corrected chi connectivity index (χ3v) is 1.59. The summed E-state index contributed by atoms with van der Waals surface area (Å²) in [4.78, 5) is 15.2. The van der Waals surface area contributed by atoms with Crippen LogP contribution in [0.15, 0.2) is 12.5 Å². The molecule has 1 aromatic heterocycles. The maximum Gasteiger partial charge on any atom is 0.271 e. The lowest BCUT2D eigenvalue weighted by Gasteiger charge is -2.08. The van der Waals surface area contributed by atoms with Crippen LogP contribution in [0.5, 0.6) is 0 Å². The molecule has 0 saturated heterocycles. The Morgan fingerprint density at radius 2 is 2.54 bits per heavy atom. The van der Waals surface area contributed by atoms with Gasteiger partial charge in [0.15, 0.2) is 0 Å². The first-order valence-corrected chi connectivity index (χ1v) is 4.03. The van der Waals surface area contributed by atoms with E-state index in [0.29, 0.717) is 5.69 Å². The van der Waals surface area contributed by atoms with E-state index in [1.807, 2.05) is 0 Å². The van der Waals surface area contributed by atoms with E-state index in [0.717, 1.165) is 0 Å². The smallest absolute Gasteiger partial charge is 0.271 e. The van der Waals surface area contributed by atoms with Gasteiger partial charge in [0.05, 0.1) is 12.9 Å².